The second kappa shape index (κ2) is 6.90. The molecule has 1 N–H and O–H groups in total. The summed E-state index contributed by atoms with van der Waals surface area (Å²) in [6.45, 7) is 3.40. The maximum absolute atomic E-state index is 6.00. The summed E-state index contributed by atoms with van der Waals surface area (Å²) in [5, 5.41) is 7.59. The van der Waals surface area contributed by atoms with Crippen molar-refractivity contribution in [3.8, 4) is 5.75 Å². The lowest BCUT2D eigenvalue weighted by Gasteiger charge is -2.13. The van der Waals surface area contributed by atoms with Gasteiger partial charge in [0.15, 0.2) is 0 Å². The van der Waals surface area contributed by atoms with E-state index in [1.54, 1.807) is 0 Å². The van der Waals surface area contributed by atoms with E-state index in [-0.39, 0.29) is 0 Å². The van der Waals surface area contributed by atoms with Crippen LogP contribution in [0, 0.1) is 0 Å². The van der Waals surface area contributed by atoms with Gasteiger partial charge in [-0.1, -0.05) is 19.1 Å². The molecule has 1 aromatic carbocycles. The van der Waals surface area contributed by atoms with Crippen molar-refractivity contribution in [3.63, 3.8) is 0 Å². The van der Waals surface area contributed by atoms with Gasteiger partial charge in [0, 0.05) is 19.2 Å². The van der Waals surface area contributed by atoms with Gasteiger partial charge in [-0.2, -0.15) is 5.10 Å². The second-order valence-corrected chi connectivity index (χ2v) is 5.51. The number of benzene rings is 1. The zero-order valence-corrected chi connectivity index (χ0v) is 13.7. The Balaban J connectivity index is 2.15. The minimum atomic E-state index is 0.517. The molecule has 0 aliphatic heterocycles. The number of para-hydroxylation sites is 1. The van der Waals surface area contributed by atoms with E-state index < -0.39 is 0 Å². The molecule has 0 amide bonds. The van der Waals surface area contributed by atoms with Crippen LogP contribution in [-0.2, 0) is 26.6 Å². The fourth-order valence-electron chi connectivity index (χ4n) is 2.07. The maximum Gasteiger partial charge on any atom is 0.138 e. The van der Waals surface area contributed by atoms with E-state index in [1.807, 2.05) is 30.9 Å². The molecule has 0 saturated carbocycles. The van der Waals surface area contributed by atoms with Crippen molar-refractivity contribution in [1.82, 2.24) is 15.1 Å². The van der Waals surface area contributed by atoms with Crippen molar-refractivity contribution in [2.24, 2.45) is 7.05 Å². The van der Waals surface area contributed by atoms with Crippen LogP contribution in [0.1, 0.15) is 23.9 Å². The first-order chi connectivity index (χ1) is 9.65. The molecule has 0 unspecified atom stereocenters. The highest BCUT2D eigenvalue weighted by molar-refractivity contribution is 9.10. The Hall–Kier alpha value is -1.33. The van der Waals surface area contributed by atoms with Gasteiger partial charge in [-0.3, -0.25) is 4.68 Å². The Kier molecular flexibility index (Phi) is 5.20. The summed E-state index contributed by atoms with van der Waals surface area (Å²) in [4.78, 5) is 0. The van der Waals surface area contributed by atoms with Crippen molar-refractivity contribution >= 4 is 15.9 Å². The van der Waals surface area contributed by atoms with Crippen LogP contribution in [0.3, 0.4) is 0 Å². The quantitative estimate of drug-likeness (QED) is 0.880. The third-order valence-corrected chi connectivity index (χ3v) is 3.79. The lowest BCUT2D eigenvalue weighted by atomic mass is 10.2. The van der Waals surface area contributed by atoms with Gasteiger partial charge >= 0.3 is 0 Å². The number of aromatic nitrogens is 2. The summed E-state index contributed by atoms with van der Waals surface area (Å²) < 4.78 is 8.85. The maximum atomic E-state index is 6.00. The molecule has 0 fully saturated rings. The third kappa shape index (κ3) is 3.41. The molecular weight excluding hydrogens is 318 g/mol. The second-order valence-electron chi connectivity index (χ2n) is 4.65. The fraction of sp³-hybridized carbons (Fsp3) is 0.400. The van der Waals surface area contributed by atoms with Gasteiger partial charge < -0.3 is 10.1 Å². The van der Waals surface area contributed by atoms with Gasteiger partial charge in [0.2, 0.25) is 0 Å². The average Bonchev–Trinajstić information content (AvgIpc) is 2.79. The summed E-state index contributed by atoms with van der Waals surface area (Å²) >= 11 is 3.55. The number of nitrogens with zero attached hydrogens (tertiary/aromatic N) is 2. The van der Waals surface area contributed by atoms with Crippen molar-refractivity contribution in [1.29, 1.82) is 0 Å². The van der Waals surface area contributed by atoms with E-state index in [1.165, 1.54) is 0 Å². The van der Waals surface area contributed by atoms with Crippen molar-refractivity contribution in [2.45, 2.75) is 26.5 Å². The van der Waals surface area contributed by atoms with Crippen LogP contribution in [0.15, 0.2) is 28.7 Å². The molecule has 0 saturated heterocycles. The Bertz CT molecular complexity index is 580. The number of rotatable bonds is 6. The highest BCUT2D eigenvalue weighted by atomic mass is 79.9. The monoisotopic (exact) mass is 337 g/mol. The number of nitrogens with one attached hydrogen (secondary N) is 1. The van der Waals surface area contributed by atoms with Crippen molar-refractivity contribution < 1.29 is 4.74 Å². The van der Waals surface area contributed by atoms with E-state index in [0.717, 1.165) is 40.1 Å². The van der Waals surface area contributed by atoms with Gasteiger partial charge in [0.05, 0.1) is 15.9 Å². The van der Waals surface area contributed by atoms with E-state index in [0.29, 0.717) is 6.61 Å². The fourth-order valence-corrected chi connectivity index (χ4v) is 2.59. The average molecular weight is 338 g/mol. The summed E-state index contributed by atoms with van der Waals surface area (Å²) in [7, 11) is 3.88. The van der Waals surface area contributed by atoms with E-state index >= 15 is 0 Å². The predicted molar refractivity (Wildman–Crippen MR) is 83.8 cm³/mol. The van der Waals surface area contributed by atoms with E-state index in [4.69, 9.17) is 4.74 Å². The molecule has 1 heterocycles. The molecule has 0 spiro atoms. The summed E-state index contributed by atoms with van der Waals surface area (Å²) in [6.07, 6.45) is 0.938. The van der Waals surface area contributed by atoms with Gasteiger partial charge in [-0.15, -0.1) is 0 Å². The number of hydrogen-bond donors (Lipinski definition) is 1. The van der Waals surface area contributed by atoms with Crippen LogP contribution in [-0.4, -0.2) is 16.8 Å². The van der Waals surface area contributed by atoms with E-state index in [2.05, 4.69) is 45.4 Å². The largest absolute Gasteiger partial charge is 0.486 e. The molecule has 2 rings (SSSR count). The van der Waals surface area contributed by atoms with Crippen LogP contribution in [0.5, 0.6) is 5.75 Å². The molecule has 0 aliphatic rings. The number of halogens is 1. The number of hydrogen-bond acceptors (Lipinski definition) is 3. The van der Waals surface area contributed by atoms with Gasteiger partial charge in [-0.25, -0.2) is 0 Å². The first-order valence-corrected chi connectivity index (χ1v) is 7.51. The summed E-state index contributed by atoms with van der Waals surface area (Å²) in [5.41, 5.74) is 3.31. The van der Waals surface area contributed by atoms with Gasteiger partial charge in [0.1, 0.15) is 12.4 Å². The normalized spacial score (nSPS) is 10.8. The standard InChI is InChI=1S/C15H20BrN3O/c1-4-12-8-13(19(3)18-12)10-20-15-11(9-17-2)6-5-7-14(15)16/h5-8,17H,4,9-10H2,1-3H3. The highest BCUT2D eigenvalue weighted by Crippen LogP contribution is 2.29. The van der Waals surface area contributed by atoms with E-state index in [9.17, 15) is 0 Å². The van der Waals surface area contributed by atoms with Crippen molar-refractivity contribution in [2.75, 3.05) is 7.05 Å². The zero-order chi connectivity index (χ0) is 14.5. The van der Waals surface area contributed by atoms with Crippen LogP contribution in [0.25, 0.3) is 0 Å². The minimum absolute atomic E-state index is 0.517. The van der Waals surface area contributed by atoms with Gasteiger partial charge in [-0.05, 0) is 41.5 Å². The number of aryl methyl sites for hydroxylation is 2. The molecule has 0 bridgehead atoms. The molecule has 1 aromatic heterocycles. The smallest absolute Gasteiger partial charge is 0.138 e. The predicted octanol–water partition coefficient (Wildman–Crippen LogP) is 3.04. The summed E-state index contributed by atoms with van der Waals surface area (Å²) in [6, 6.07) is 8.17. The molecule has 20 heavy (non-hydrogen) atoms. The molecule has 108 valence electrons. The molecule has 0 radical (unpaired) electrons. The molecular formula is C15H20BrN3O. The molecule has 2 aromatic rings. The Morgan fingerprint density at radius 1 is 1.40 bits per heavy atom. The first kappa shape index (κ1) is 15.1. The third-order valence-electron chi connectivity index (χ3n) is 3.17. The molecule has 4 nitrogen and oxygen atoms in total. The minimum Gasteiger partial charge on any atom is -0.486 e. The van der Waals surface area contributed by atoms with Crippen LogP contribution in [0.4, 0.5) is 0 Å². The highest BCUT2D eigenvalue weighted by Gasteiger charge is 2.10. The molecule has 0 aliphatic carbocycles. The molecule has 5 heteroatoms. The van der Waals surface area contributed by atoms with Crippen LogP contribution in [0.2, 0.25) is 0 Å². The topological polar surface area (TPSA) is 39.1 Å². The zero-order valence-electron chi connectivity index (χ0n) is 12.1. The lowest BCUT2D eigenvalue weighted by molar-refractivity contribution is 0.289. The van der Waals surface area contributed by atoms with Crippen molar-refractivity contribution in [3.05, 3.63) is 45.7 Å². The molecule has 0 atom stereocenters. The Morgan fingerprint density at radius 3 is 2.85 bits per heavy atom. The Morgan fingerprint density at radius 2 is 2.20 bits per heavy atom. The first-order valence-electron chi connectivity index (χ1n) is 6.72. The lowest BCUT2D eigenvalue weighted by Crippen LogP contribution is -2.09. The SMILES string of the molecule is CCc1cc(COc2c(Br)cccc2CNC)n(C)n1. The Labute approximate surface area is 128 Å². The summed E-state index contributed by atoms with van der Waals surface area (Å²) in [5.74, 6) is 0.890. The van der Waals surface area contributed by atoms with Crippen LogP contribution < -0.4 is 10.1 Å². The van der Waals surface area contributed by atoms with Gasteiger partial charge in [0.25, 0.3) is 0 Å². The van der Waals surface area contributed by atoms with Crippen LogP contribution >= 0.6 is 15.9 Å². The number of ether oxygens (including phenoxy) is 1.